The SMILES string of the molecule is CCCCCc1cccc(CC(C)OC)c1O. The highest BCUT2D eigenvalue weighted by Gasteiger charge is 2.09. The Morgan fingerprint density at radius 1 is 1.24 bits per heavy atom. The quantitative estimate of drug-likeness (QED) is 0.731. The zero-order valence-corrected chi connectivity index (χ0v) is 11.2. The van der Waals surface area contributed by atoms with Gasteiger partial charge in [0.05, 0.1) is 6.10 Å². The van der Waals surface area contributed by atoms with E-state index in [1.807, 2.05) is 25.1 Å². The monoisotopic (exact) mass is 236 g/mol. The molecule has 0 saturated heterocycles. The molecule has 1 rings (SSSR count). The highest BCUT2D eigenvalue weighted by atomic mass is 16.5. The fraction of sp³-hybridized carbons (Fsp3) is 0.600. The fourth-order valence-corrected chi connectivity index (χ4v) is 1.97. The van der Waals surface area contributed by atoms with E-state index in [1.54, 1.807) is 7.11 Å². The van der Waals surface area contributed by atoms with E-state index in [0.29, 0.717) is 5.75 Å². The van der Waals surface area contributed by atoms with E-state index in [9.17, 15) is 5.11 Å². The van der Waals surface area contributed by atoms with Gasteiger partial charge in [-0.05, 0) is 30.9 Å². The lowest BCUT2D eigenvalue weighted by Gasteiger charge is -2.13. The lowest BCUT2D eigenvalue weighted by molar-refractivity contribution is 0.118. The predicted octanol–water partition coefficient (Wildman–Crippen LogP) is 3.70. The van der Waals surface area contributed by atoms with Gasteiger partial charge >= 0.3 is 0 Å². The number of hydrogen-bond donors (Lipinski definition) is 1. The zero-order chi connectivity index (χ0) is 12.7. The molecule has 1 aromatic carbocycles. The Labute approximate surface area is 105 Å². The maximum Gasteiger partial charge on any atom is 0.122 e. The second-order valence-electron chi connectivity index (χ2n) is 4.63. The Morgan fingerprint density at radius 2 is 1.94 bits per heavy atom. The van der Waals surface area contributed by atoms with E-state index in [-0.39, 0.29) is 6.10 Å². The number of phenolic OH excluding ortho intramolecular Hbond substituents is 1. The molecular weight excluding hydrogens is 212 g/mol. The molecule has 0 bridgehead atoms. The van der Waals surface area contributed by atoms with Crippen molar-refractivity contribution < 1.29 is 9.84 Å². The normalized spacial score (nSPS) is 12.6. The number of rotatable bonds is 7. The van der Waals surface area contributed by atoms with Gasteiger partial charge in [-0.3, -0.25) is 0 Å². The molecule has 17 heavy (non-hydrogen) atoms. The molecule has 1 atom stereocenters. The van der Waals surface area contributed by atoms with Crippen molar-refractivity contribution in [1.29, 1.82) is 0 Å². The molecular formula is C15H24O2. The minimum atomic E-state index is 0.145. The fourth-order valence-electron chi connectivity index (χ4n) is 1.97. The highest BCUT2D eigenvalue weighted by Crippen LogP contribution is 2.25. The summed E-state index contributed by atoms with van der Waals surface area (Å²) in [6.07, 6.45) is 5.46. The van der Waals surface area contributed by atoms with Gasteiger partial charge in [0.25, 0.3) is 0 Å². The average Bonchev–Trinajstić information content (AvgIpc) is 2.34. The maximum absolute atomic E-state index is 10.2. The van der Waals surface area contributed by atoms with Crippen LogP contribution in [-0.2, 0) is 17.6 Å². The van der Waals surface area contributed by atoms with Gasteiger partial charge in [0.2, 0.25) is 0 Å². The number of aromatic hydroxyl groups is 1. The molecule has 0 aromatic heterocycles. The van der Waals surface area contributed by atoms with Crippen LogP contribution in [0, 0.1) is 0 Å². The van der Waals surface area contributed by atoms with Crippen LogP contribution < -0.4 is 0 Å². The second kappa shape index (κ2) is 7.33. The van der Waals surface area contributed by atoms with Crippen LogP contribution in [-0.4, -0.2) is 18.3 Å². The van der Waals surface area contributed by atoms with Crippen molar-refractivity contribution in [3.05, 3.63) is 29.3 Å². The average molecular weight is 236 g/mol. The molecule has 0 amide bonds. The summed E-state index contributed by atoms with van der Waals surface area (Å²) in [5.74, 6) is 0.465. The molecule has 0 aliphatic rings. The van der Waals surface area contributed by atoms with Crippen molar-refractivity contribution in [2.45, 2.75) is 52.1 Å². The van der Waals surface area contributed by atoms with Crippen molar-refractivity contribution >= 4 is 0 Å². The Kier molecular flexibility index (Phi) is 6.06. The molecule has 0 saturated carbocycles. The Hall–Kier alpha value is -1.02. The van der Waals surface area contributed by atoms with Crippen LogP contribution in [0.25, 0.3) is 0 Å². The third-order valence-electron chi connectivity index (χ3n) is 3.16. The number of unbranched alkanes of at least 4 members (excludes halogenated alkanes) is 2. The number of methoxy groups -OCH3 is 1. The summed E-state index contributed by atoms with van der Waals surface area (Å²) in [6.45, 7) is 4.21. The first-order chi connectivity index (χ1) is 8.19. The van der Waals surface area contributed by atoms with Crippen molar-refractivity contribution in [3.63, 3.8) is 0 Å². The van der Waals surface area contributed by atoms with Crippen LogP contribution in [0.5, 0.6) is 5.75 Å². The number of phenols is 1. The van der Waals surface area contributed by atoms with Gasteiger partial charge in [-0.2, -0.15) is 0 Å². The van der Waals surface area contributed by atoms with Crippen LogP contribution in [0.1, 0.15) is 44.2 Å². The van der Waals surface area contributed by atoms with Crippen LogP contribution in [0.3, 0.4) is 0 Å². The van der Waals surface area contributed by atoms with E-state index in [4.69, 9.17) is 4.74 Å². The van der Waals surface area contributed by atoms with Crippen molar-refractivity contribution in [2.24, 2.45) is 0 Å². The summed E-state index contributed by atoms with van der Waals surface area (Å²) in [4.78, 5) is 0. The lowest BCUT2D eigenvalue weighted by Crippen LogP contribution is -2.09. The van der Waals surface area contributed by atoms with Gasteiger partial charge in [-0.15, -0.1) is 0 Å². The molecule has 96 valence electrons. The third kappa shape index (κ3) is 4.39. The minimum absolute atomic E-state index is 0.145. The molecule has 1 N–H and O–H groups in total. The van der Waals surface area contributed by atoms with Gasteiger partial charge in [0.15, 0.2) is 0 Å². The summed E-state index contributed by atoms with van der Waals surface area (Å²) in [6, 6.07) is 6.03. The molecule has 2 heteroatoms. The molecule has 0 aliphatic carbocycles. The maximum atomic E-state index is 10.2. The van der Waals surface area contributed by atoms with Crippen LogP contribution in [0.2, 0.25) is 0 Å². The number of hydrogen-bond acceptors (Lipinski definition) is 2. The van der Waals surface area contributed by atoms with E-state index < -0.39 is 0 Å². The summed E-state index contributed by atoms with van der Waals surface area (Å²) in [5.41, 5.74) is 2.06. The Morgan fingerprint density at radius 3 is 2.59 bits per heavy atom. The summed E-state index contributed by atoms with van der Waals surface area (Å²) in [7, 11) is 1.70. The van der Waals surface area contributed by atoms with Crippen LogP contribution in [0.4, 0.5) is 0 Å². The molecule has 0 aliphatic heterocycles. The number of para-hydroxylation sites is 1. The Balaban J connectivity index is 2.69. The summed E-state index contributed by atoms with van der Waals surface area (Å²) < 4.78 is 5.24. The molecule has 2 nitrogen and oxygen atoms in total. The third-order valence-corrected chi connectivity index (χ3v) is 3.16. The van der Waals surface area contributed by atoms with Gasteiger partial charge in [0.1, 0.15) is 5.75 Å². The lowest BCUT2D eigenvalue weighted by atomic mass is 10.00. The van der Waals surface area contributed by atoms with Crippen LogP contribution >= 0.6 is 0 Å². The van der Waals surface area contributed by atoms with Crippen molar-refractivity contribution in [3.8, 4) is 5.75 Å². The first-order valence-corrected chi connectivity index (χ1v) is 6.51. The number of benzene rings is 1. The topological polar surface area (TPSA) is 29.5 Å². The summed E-state index contributed by atoms with van der Waals surface area (Å²) in [5, 5.41) is 10.2. The number of ether oxygens (including phenoxy) is 1. The number of aryl methyl sites for hydroxylation is 1. The van der Waals surface area contributed by atoms with Gasteiger partial charge in [0, 0.05) is 13.5 Å². The molecule has 1 aromatic rings. The minimum Gasteiger partial charge on any atom is -0.507 e. The van der Waals surface area contributed by atoms with Crippen molar-refractivity contribution in [1.82, 2.24) is 0 Å². The predicted molar refractivity (Wildman–Crippen MR) is 71.5 cm³/mol. The van der Waals surface area contributed by atoms with Crippen molar-refractivity contribution in [2.75, 3.05) is 7.11 Å². The van der Waals surface area contributed by atoms with E-state index in [2.05, 4.69) is 6.92 Å². The van der Waals surface area contributed by atoms with Gasteiger partial charge in [-0.1, -0.05) is 38.0 Å². The van der Waals surface area contributed by atoms with Gasteiger partial charge in [-0.25, -0.2) is 0 Å². The first kappa shape index (κ1) is 14.0. The second-order valence-corrected chi connectivity index (χ2v) is 4.63. The molecule has 0 heterocycles. The van der Waals surface area contributed by atoms with E-state index >= 15 is 0 Å². The molecule has 0 radical (unpaired) electrons. The van der Waals surface area contributed by atoms with Crippen LogP contribution in [0.15, 0.2) is 18.2 Å². The Bertz CT molecular complexity index is 334. The van der Waals surface area contributed by atoms with E-state index in [1.165, 1.54) is 12.8 Å². The van der Waals surface area contributed by atoms with Gasteiger partial charge < -0.3 is 9.84 Å². The van der Waals surface area contributed by atoms with E-state index in [0.717, 1.165) is 30.4 Å². The summed E-state index contributed by atoms with van der Waals surface area (Å²) >= 11 is 0. The smallest absolute Gasteiger partial charge is 0.122 e. The molecule has 1 unspecified atom stereocenters. The molecule has 0 spiro atoms. The highest BCUT2D eigenvalue weighted by molar-refractivity contribution is 5.40. The molecule has 0 fully saturated rings. The zero-order valence-electron chi connectivity index (χ0n) is 11.2. The first-order valence-electron chi connectivity index (χ1n) is 6.51. The largest absolute Gasteiger partial charge is 0.507 e. The standard InChI is InChI=1S/C15H24O2/c1-4-5-6-8-13-9-7-10-14(15(13)16)11-12(2)17-3/h7,9-10,12,16H,4-6,8,11H2,1-3H3.